The van der Waals surface area contributed by atoms with Gasteiger partial charge in [0.1, 0.15) is 5.82 Å². The Labute approximate surface area is 140 Å². The molecule has 1 N–H and O–H groups in total. The largest absolute Gasteiger partial charge is 0.331 e. The Morgan fingerprint density at radius 2 is 2.24 bits per heavy atom. The highest BCUT2D eigenvalue weighted by Crippen LogP contribution is 2.22. The second-order valence-electron chi connectivity index (χ2n) is 4.76. The maximum Gasteiger partial charge on any atom is 0.178 e. The number of halogens is 2. The van der Waals surface area contributed by atoms with E-state index < -0.39 is 0 Å². The number of nitrogens with one attached hydrogen (secondary N) is 1. The van der Waals surface area contributed by atoms with Crippen molar-refractivity contribution in [1.82, 2.24) is 14.5 Å². The summed E-state index contributed by atoms with van der Waals surface area (Å²) in [4.78, 5) is 7.57. The standard InChI is InChI=1S/C15H13FIN3S/c1-2-9-4-3-5-18-13(9)8-20-14-6-10(16)11(17)7-12(14)19-15(20)21/h3-7H,2,8H2,1H3,(H,19,21). The molecule has 3 aromatic rings. The van der Waals surface area contributed by atoms with E-state index in [1.807, 2.05) is 33.2 Å². The van der Waals surface area contributed by atoms with Crippen molar-refractivity contribution in [2.45, 2.75) is 19.9 Å². The first-order valence-electron chi connectivity index (χ1n) is 6.60. The van der Waals surface area contributed by atoms with Crippen LogP contribution in [0.1, 0.15) is 18.2 Å². The van der Waals surface area contributed by atoms with Gasteiger partial charge in [-0.05, 0) is 58.9 Å². The monoisotopic (exact) mass is 413 g/mol. The summed E-state index contributed by atoms with van der Waals surface area (Å²) in [6.45, 7) is 2.64. The summed E-state index contributed by atoms with van der Waals surface area (Å²) in [6.07, 6.45) is 2.68. The smallest absolute Gasteiger partial charge is 0.178 e. The molecule has 1 aromatic carbocycles. The highest BCUT2D eigenvalue weighted by atomic mass is 127. The third-order valence-corrected chi connectivity index (χ3v) is 4.64. The SMILES string of the molecule is CCc1cccnc1Cn1c(=S)[nH]c2cc(I)c(F)cc21. The molecule has 0 amide bonds. The van der Waals surface area contributed by atoms with E-state index in [4.69, 9.17) is 12.2 Å². The van der Waals surface area contributed by atoms with Crippen LogP contribution in [-0.2, 0) is 13.0 Å². The zero-order valence-electron chi connectivity index (χ0n) is 11.4. The molecule has 0 aliphatic heterocycles. The molecule has 0 aliphatic carbocycles. The van der Waals surface area contributed by atoms with Gasteiger partial charge in [0.2, 0.25) is 0 Å². The molecule has 0 unspecified atom stereocenters. The van der Waals surface area contributed by atoms with E-state index in [1.54, 1.807) is 12.3 Å². The average molecular weight is 413 g/mol. The molecule has 108 valence electrons. The number of hydrogen-bond acceptors (Lipinski definition) is 2. The molecule has 0 aliphatic rings. The Kier molecular flexibility index (Phi) is 4.08. The Bertz CT molecular complexity index is 869. The Balaban J connectivity index is 2.14. The zero-order valence-corrected chi connectivity index (χ0v) is 14.3. The predicted molar refractivity (Wildman–Crippen MR) is 92.5 cm³/mol. The molecule has 0 saturated heterocycles. The van der Waals surface area contributed by atoms with E-state index in [-0.39, 0.29) is 5.82 Å². The molecule has 0 bridgehead atoms. The molecule has 0 fully saturated rings. The first-order valence-corrected chi connectivity index (χ1v) is 8.09. The number of nitrogens with zero attached hydrogens (tertiary/aromatic N) is 2. The van der Waals surface area contributed by atoms with Crippen LogP contribution in [0.15, 0.2) is 30.5 Å². The molecule has 0 spiro atoms. The minimum absolute atomic E-state index is 0.234. The van der Waals surface area contributed by atoms with Gasteiger partial charge in [-0.2, -0.15) is 0 Å². The van der Waals surface area contributed by atoms with Crippen LogP contribution in [-0.4, -0.2) is 14.5 Å². The lowest BCUT2D eigenvalue weighted by atomic mass is 10.1. The number of benzene rings is 1. The molecule has 2 aromatic heterocycles. The minimum Gasteiger partial charge on any atom is -0.331 e. The van der Waals surface area contributed by atoms with Gasteiger partial charge in [0, 0.05) is 12.3 Å². The first-order chi connectivity index (χ1) is 10.1. The number of pyridine rings is 1. The van der Waals surface area contributed by atoms with Crippen LogP contribution in [0, 0.1) is 14.2 Å². The minimum atomic E-state index is -0.234. The Morgan fingerprint density at radius 1 is 1.43 bits per heavy atom. The average Bonchev–Trinajstić information content (AvgIpc) is 2.76. The van der Waals surface area contributed by atoms with Crippen molar-refractivity contribution in [2.24, 2.45) is 0 Å². The molecule has 6 heteroatoms. The number of hydrogen-bond donors (Lipinski definition) is 1. The van der Waals surface area contributed by atoms with E-state index in [1.165, 1.54) is 11.6 Å². The van der Waals surface area contributed by atoms with Crippen LogP contribution in [0.2, 0.25) is 0 Å². The molecule has 3 rings (SSSR count). The summed E-state index contributed by atoms with van der Waals surface area (Å²) in [5, 5.41) is 0. The van der Waals surface area contributed by atoms with Crippen LogP contribution in [0.3, 0.4) is 0 Å². The zero-order chi connectivity index (χ0) is 15.0. The van der Waals surface area contributed by atoms with Gasteiger partial charge in [-0.25, -0.2) is 4.39 Å². The van der Waals surface area contributed by atoms with E-state index in [9.17, 15) is 4.39 Å². The third kappa shape index (κ3) is 2.74. The van der Waals surface area contributed by atoms with Gasteiger partial charge in [-0.1, -0.05) is 13.0 Å². The van der Waals surface area contributed by atoms with Crippen molar-refractivity contribution in [3.8, 4) is 0 Å². The van der Waals surface area contributed by atoms with Gasteiger partial charge in [-0.3, -0.25) is 4.98 Å². The van der Waals surface area contributed by atoms with Crippen LogP contribution in [0.5, 0.6) is 0 Å². The number of rotatable bonds is 3. The fourth-order valence-electron chi connectivity index (χ4n) is 2.39. The van der Waals surface area contributed by atoms with Gasteiger partial charge in [0.15, 0.2) is 4.77 Å². The van der Waals surface area contributed by atoms with Gasteiger partial charge in [0.05, 0.1) is 26.8 Å². The topological polar surface area (TPSA) is 33.6 Å². The lowest BCUT2D eigenvalue weighted by Crippen LogP contribution is -2.05. The second-order valence-corrected chi connectivity index (χ2v) is 6.31. The number of H-pyrrole nitrogens is 1. The lowest BCUT2D eigenvalue weighted by Gasteiger charge is -2.08. The maximum atomic E-state index is 13.8. The summed E-state index contributed by atoms with van der Waals surface area (Å²) in [5.41, 5.74) is 3.76. The van der Waals surface area contributed by atoms with E-state index in [0.29, 0.717) is 14.9 Å². The van der Waals surface area contributed by atoms with Gasteiger partial charge in [0.25, 0.3) is 0 Å². The van der Waals surface area contributed by atoms with Crippen molar-refractivity contribution >= 4 is 45.8 Å². The quantitative estimate of drug-likeness (QED) is 0.509. The van der Waals surface area contributed by atoms with Crippen molar-refractivity contribution < 1.29 is 4.39 Å². The van der Waals surface area contributed by atoms with Crippen molar-refractivity contribution in [1.29, 1.82) is 0 Å². The fourth-order valence-corrected chi connectivity index (χ4v) is 3.13. The third-order valence-electron chi connectivity index (χ3n) is 3.49. The number of aromatic amines is 1. The van der Waals surface area contributed by atoms with Crippen molar-refractivity contribution in [3.63, 3.8) is 0 Å². The molecule has 3 nitrogen and oxygen atoms in total. The molecule has 0 radical (unpaired) electrons. The summed E-state index contributed by atoms with van der Waals surface area (Å²) >= 11 is 7.35. The summed E-state index contributed by atoms with van der Waals surface area (Å²) in [7, 11) is 0. The molecule has 21 heavy (non-hydrogen) atoms. The van der Waals surface area contributed by atoms with Gasteiger partial charge < -0.3 is 9.55 Å². The first kappa shape index (κ1) is 14.6. The molecular weight excluding hydrogens is 400 g/mol. The van der Waals surface area contributed by atoms with Crippen LogP contribution in [0.4, 0.5) is 4.39 Å². The normalized spacial score (nSPS) is 11.2. The lowest BCUT2D eigenvalue weighted by molar-refractivity contribution is 0.621. The summed E-state index contributed by atoms with van der Waals surface area (Å²) < 4.78 is 16.9. The Morgan fingerprint density at radius 3 is 3.00 bits per heavy atom. The summed E-state index contributed by atoms with van der Waals surface area (Å²) in [6, 6.07) is 7.29. The fraction of sp³-hybridized carbons (Fsp3) is 0.200. The van der Waals surface area contributed by atoms with Crippen LogP contribution >= 0.6 is 34.8 Å². The molecular formula is C15H13FIN3S. The van der Waals surface area contributed by atoms with Gasteiger partial charge >= 0.3 is 0 Å². The van der Waals surface area contributed by atoms with E-state index in [2.05, 4.69) is 23.0 Å². The van der Waals surface area contributed by atoms with E-state index in [0.717, 1.165) is 23.1 Å². The highest BCUT2D eigenvalue weighted by molar-refractivity contribution is 14.1. The molecule has 0 saturated carbocycles. The molecule has 0 atom stereocenters. The maximum absolute atomic E-state index is 13.8. The number of aromatic nitrogens is 3. The van der Waals surface area contributed by atoms with Gasteiger partial charge in [-0.15, -0.1) is 0 Å². The van der Waals surface area contributed by atoms with E-state index >= 15 is 0 Å². The number of imidazole rings is 1. The molecule has 2 heterocycles. The predicted octanol–water partition coefficient (Wildman–Crippen LogP) is 4.45. The van der Waals surface area contributed by atoms with Crippen LogP contribution < -0.4 is 0 Å². The van der Waals surface area contributed by atoms with Crippen LogP contribution in [0.25, 0.3) is 11.0 Å². The van der Waals surface area contributed by atoms with Crippen molar-refractivity contribution in [2.75, 3.05) is 0 Å². The van der Waals surface area contributed by atoms with Crippen molar-refractivity contribution in [3.05, 3.63) is 55.9 Å². The highest BCUT2D eigenvalue weighted by Gasteiger charge is 2.11. The summed E-state index contributed by atoms with van der Waals surface area (Å²) in [5.74, 6) is -0.234. The Hall–Kier alpha value is -1.28. The second kappa shape index (κ2) is 5.84. The number of aryl methyl sites for hydroxylation is 1. The number of fused-ring (bicyclic) bond motifs is 1.